The lowest BCUT2D eigenvalue weighted by Gasteiger charge is -2.39. The van der Waals surface area contributed by atoms with Crippen LogP contribution in [0.15, 0.2) is 97.1 Å². The first-order valence-corrected chi connectivity index (χ1v) is 16.1. The minimum Gasteiger partial charge on any atom is -0.490 e. The van der Waals surface area contributed by atoms with Gasteiger partial charge < -0.3 is 19.7 Å². The molecule has 0 bridgehead atoms. The highest BCUT2D eigenvalue weighted by Gasteiger charge is 2.40. The van der Waals surface area contributed by atoms with Gasteiger partial charge in [-0.25, -0.2) is 0 Å². The number of hydrogen-bond donors (Lipinski definition) is 2. The van der Waals surface area contributed by atoms with Gasteiger partial charge >= 0.3 is 0 Å². The maximum Gasteiger partial charge on any atom is 0.131 e. The average molecular weight is 579 g/mol. The molecule has 4 aromatic rings. The molecular weight excluding hydrogens is 532 g/mol. The highest BCUT2D eigenvalue weighted by Crippen LogP contribution is 2.52. The van der Waals surface area contributed by atoms with Crippen LogP contribution in [0.5, 0.6) is 11.5 Å². The maximum absolute atomic E-state index is 9.89. The Hall–Kier alpha value is -3.60. The topological polar surface area (TPSA) is 58.9 Å². The van der Waals surface area contributed by atoms with Gasteiger partial charge in [0.2, 0.25) is 0 Å². The molecule has 0 atom stereocenters. The van der Waals surface area contributed by atoms with E-state index in [0.29, 0.717) is 0 Å². The molecule has 0 spiro atoms. The summed E-state index contributed by atoms with van der Waals surface area (Å²) in [6, 6.07) is 33.9. The Balaban J connectivity index is 1.79. The third-order valence-corrected chi connectivity index (χ3v) is 8.86. The number of hydrogen-bond acceptors (Lipinski definition) is 4. The molecule has 0 aromatic heterocycles. The van der Waals surface area contributed by atoms with Crippen LogP contribution in [0.4, 0.5) is 0 Å². The summed E-state index contributed by atoms with van der Waals surface area (Å²) in [5.41, 5.74) is 6.20. The molecule has 0 saturated heterocycles. The molecule has 0 amide bonds. The van der Waals surface area contributed by atoms with Crippen LogP contribution in [0.25, 0.3) is 22.3 Å². The first kappa shape index (κ1) is 30.8. The lowest BCUT2D eigenvalue weighted by Crippen LogP contribution is -2.30. The molecule has 0 aliphatic heterocycles. The van der Waals surface area contributed by atoms with Crippen molar-refractivity contribution >= 4 is 0 Å². The number of aliphatic hydroxyl groups is 2. The van der Waals surface area contributed by atoms with E-state index in [4.69, 9.17) is 9.47 Å². The van der Waals surface area contributed by atoms with Gasteiger partial charge in [0.25, 0.3) is 0 Å². The van der Waals surface area contributed by atoms with E-state index in [2.05, 4.69) is 84.9 Å². The van der Waals surface area contributed by atoms with Gasteiger partial charge in [0.05, 0.1) is 13.2 Å². The van der Waals surface area contributed by atoms with E-state index in [1.54, 1.807) is 0 Å². The number of para-hydroxylation sites is 2. The Morgan fingerprint density at radius 1 is 0.465 bits per heavy atom. The second kappa shape index (κ2) is 15.7. The van der Waals surface area contributed by atoms with E-state index >= 15 is 0 Å². The van der Waals surface area contributed by atoms with Crippen molar-refractivity contribution in [1.29, 1.82) is 0 Å². The fourth-order valence-electron chi connectivity index (χ4n) is 6.85. The van der Waals surface area contributed by atoms with Gasteiger partial charge in [-0.05, 0) is 24.0 Å². The molecule has 0 unspecified atom stereocenters. The first-order chi connectivity index (χ1) is 21.3. The zero-order chi connectivity index (χ0) is 29.7. The summed E-state index contributed by atoms with van der Waals surface area (Å²) >= 11 is 0. The van der Waals surface area contributed by atoms with E-state index in [-0.39, 0.29) is 31.8 Å². The van der Waals surface area contributed by atoms with Crippen molar-refractivity contribution < 1.29 is 19.7 Å². The van der Waals surface area contributed by atoms with Crippen LogP contribution < -0.4 is 9.47 Å². The van der Waals surface area contributed by atoms with Crippen LogP contribution in [0.1, 0.15) is 75.3 Å². The lowest BCUT2D eigenvalue weighted by molar-refractivity contribution is 0.194. The van der Waals surface area contributed by atoms with Crippen LogP contribution >= 0.6 is 0 Å². The van der Waals surface area contributed by atoms with Crippen molar-refractivity contribution in [1.82, 2.24) is 0 Å². The smallest absolute Gasteiger partial charge is 0.131 e. The largest absolute Gasteiger partial charge is 0.490 e. The second-order valence-corrected chi connectivity index (χ2v) is 11.7. The van der Waals surface area contributed by atoms with Crippen LogP contribution in [0, 0.1) is 0 Å². The molecule has 1 aliphatic carbocycles. The van der Waals surface area contributed by atoms with Crippen molar-refractivity contribution in [3.8, 4) is 33.8 Å². The molecule has 0 heterocycles. The summed E-state index contributed by atoms with van der Waals surface area (Å²) in [4.78, 5) is 0. The maximum atomic E-state index is 9.89. The summed E-state index contributed by atoms with van der Waals surface area (Å²) in [6.07, 6.45) is 11.6. The van der Waals surface area contributed by atoms with Crippen LogP contribution in [0.3, 0.4) is 0 Å². The second-order valence-electron chi connectivity index (χ2n) is 11.7. The molecule has 2 N–H and O–H groups in total. The van der Waals surface area contributed by atoms with Crippen molar-refractivity contribution in [2.75, 3.05) is 26.4 Å². The van der Waals surface area contributed by atoms with Crippen molar-refractivity contribution in [2.24, 2.45) is 0 Å². The Morgan fingerprint density at radius 3 is 1.26 bits per heavy atom. The first-order valence-electron chi connectivity index (χ1n) is 16.1. The molecule has 226 valence electrons. The average Bonchev–Trinajstić information content (AvgIpc) is 3.12. The zero-order valence-corrected chi connectivity index (χ0v) is 25.3. The monoisotopic (exact) mass is 578 g/mol. The third-order valence-electron chi connectivity index (χ3n) is 8.86. The van der Waals surface area contributed by atoms with E-state index in [1.165, 1.54) is 38.5 Å². The number of ether oxygens (including phenoxy) is 2. The fraction of sp³-hybridized carbons (Fsp3) is 0.385. The van der Waals surface area contributed by atoms with Gasteiger partial charge in [0.15, 0.2) is 0 Å². The van der Waals surface area contributed by atoms with Crippen molar-refractivity contribution in [3.05, 3.63) is 108 Å². The minimum atomic E-state index is -0.379. The number of aliphatic hydroxyl groups excluding tert-OH is 2. The lowest BCUT2D eigenvalue weighted by atomic mass is 9.66. The van der Waals surface area contributed by atoms with Gasteiger partial charge in [-0.1, -0.05) is 148 Å². The van der Waals surface area contributed by atoms with E-state index in [1.807, 2.05) is 12.1 Å². The van der Waals surface area contributed by atoms with Gasteiger partial charge in [-0.15, -0.1) is 0 Å². The van der Waals surface area contributed by atoms with Gasteiger partial charge in [-0.3, -0.25) is 0 Å². The Morgan fingerprint density at radius 2 is 0.860 bits per heavy atom. The molecule has 4 heteroatoms. The van der Waals surface area contributed by atoms with Gasteiger partial charge in [-0.2, -0.15) is 0 Å². The molecular formula is C39H46O4. The molecule has 0 radical (unpaired) electrons. The van der Waals surface area contributed by atoms with Gasteiger partial charge in [0.1, 0.15) is 24.7 Å². The van der Waals surface area contributed by atoms with Crippen molar-refractivity contribution in [2.45, 2.75) is 69.6 Å². The Labute approximate surface area is 257 Å². The van der Waals surface area contributed by atoms with E-state index in [0.717, 1.165) is 70.6 Å². The van der Waals surface area contributed by atoms with Crippen LogP contribution in [0.2, 0.25) is 0 Å². The Kier molecular flexibility index (Phi) is 11.3. The summed E-state index contributed by atoms with van der Waals surface area (Å²) < 4.78 is 13.1. The molecule has 1 aliphatic rings. The quantitative estimate of drug-likeness (QED) is 0.197. The van der Waals surface area contributed by atoms with Gasteiger partial charge in [0, 0.05) is 27.7 Å². The summed E-state index contributed by atoms with van der Waals surface area (Å²) in [6.45, 7) is 0.351. The standard InChI is InChI=1S/C39H46O4/c40-27-29-42-37-33(31-17-9-7-10-18-31)21-15-23-35(37)39(25-13-5-3-1-2-4-6-14-26-39)36-24-16-22-34(38(36)43-30-28-41)32-19-11-8-12-20-32/h7-12,15-24,40-41H,1-6,13-14,25-30H2. The van der Waals surface area contributed by atoms with Crippen LogP contribution in [-0.2, 0) is 5.41 Å². The molecule has 5 rings (SSSR count). The minimum absolute atomic E-state index is 0.0517. The Bertz CT molecular complexity index is 1290. The van der Waals surface area contributed by atoms with Crippen molar-refractivity contribution in [3.63, 3.8) is 0 Å². The number of benzene rings is 4. The van der Waals surface area contributed by atoms with E-state index < -0.39 is 0 Å². The van der Waals surface area contributed by atoms with Crippen LogP contribution in [-0.4, -0.2) is 36.6 Å². The summed E-state index contributed by atoms with van der Waals surface area (Å²) in [5, 5.41) is 19.8. The normalized spacial score (nSPS) is 15.8. The number of rotatable bonds is 10. The molecule has 4 nitrogen and oxygen atoms in total. The predicted octanol–water partition coefficient (Wildman–Crippen LogP) is 8.96. The zero-order valence-electron chi connectivity index (χ0n) is 25.3. The summed E-state index contributed by atoms with van der Waals surface area (Å²) in [7, 11) is 0. The molecule has 1 saturated carbocycles. The predicted molar refractivity (Wildman–Crippen MR) is 176 cm³/mol. The summed E-state index contributed by atoms with van der Waals surface area (Å²) in [5.74, 6) is 1.69. The highest BCUT2D eigenvalue weighted by molar-refractivity contribution is 5.77. The molecule has 1 fully saturated rings. The third kappa shape index (κ3) is 7.31. The van der Waals surface area contributed by atoms with E-state index in [9.17, 15) is 10.2 Å². The fourth-order valence-corrected chi connectivity index (χ4v) is 6.85. The molecule has 43 heavy (non-hydrogen) atoms. The molecule has 4 aromatic carbocycles. The highest BCUT2D eigenvalue weighted by atomic mass is 16.5. The SMILES string of the molecule is OCCOc1c(-c2ccccc2)cccc1C1(c2cccc(-c3ccccc3)c2OCCO)CCCCCCCCCC1.